The van der Waals surface area contributed by atoms with Gasteiger partial charge in [0.1, 0.15) is 0 Å². The van der Waals surface area contributed by atoms with Crippen molar-refractivity contribution in [3.63, 3.8) is 0 Å². The van der Waals surface area contributed by atoms with Crippen LogP contribution in [0.2, 0.25) is 5.02 Å². The summed E-state index contributed by atoms with van der Waals surface area (Å²) in [6, 6.07) is 19.6. The lowest BCUT2D eigenvalue weighted by molar-refractivity contribution is -0.128. The maximum atomic E-state index is 12.5. The second-order valence-electron chi connectivity index (χ2n) is 9.21. The lowest BCUT2D eigenvalue weighted by Crippen LogP contribution is -2.33. The molecule has 0 spiro atoms. The highest BCUT2D eigenvalue weighted by Gasteiger charge is 2.28. The molecule has 3 aromatic rings. The molecule has 4 rings (SSSR count). The van der Waals surface area contributed by atoms with Crippen molar-refractivity contribution in [2.75, 3.05) is 6.54 Å². The first-order valence-electron chi connectivity index (χ1n) is 12.3. The van der Waals surface area contributed by atoms with Crippen LogP contribution in [-0.4, -0.2) is 44.7 Å². The van der Waals surface area contributed by atoms with Crippen LogP contribution in [0.25, 0.3) is 11.1 Å². The Balaban J connectivity index is 1.39. The maximum absolute atomic E-state index is 12.5. The topological polar surface area (TPSA) is 98.1 Å². The largest absolute Gasteiger partial charge is 0.478 e. The van der Waals surface area contributed by atoms with Gasteiger partial charge in [-0.25, -0.2) is 4.79 Å². The first-order chi connectivity index (χ1) is 17.9. The fraction of sp³-hybridized carbons (Fsp3) is 0.267. The van der Waals surface area contributed by atoms with Crippen LogP contribution in [0.1, 0.15) is 52.4 Å². The molecule has 3 aromatic carbocycles. The number of halogens is 1. The Kier molecular flexibility index (Phi) is 8.77. The van der Waals surface area contributed by atoms with E-state index in [9.17, 15) is 19.8 Å². The summed E-state index contributed by atoms with van der Waals surface area (Å²) in [5.74, 6) is -0.843. The molecular weight excluding hydrogens is 490 g/mol. The highest BCUT2D eigenvalue weighted by Crippen LogP contribution is 2.29. The van der Waals surface area contributed by atoms with Gasteiger partial charge in [0.2, 0.25) is 5.91 Å². The zero-order valence-electron chi connectivity index (χ0n) is 20.4. The van der Waals surface area contributed by atoms with Crippen LogP contribution in [0.4, 0.5) is 0 Å². The molecule has 0 aromatic heterocycles. The fourth-order valence-electron chi connectivity index (χ4n) is 4.72. The molecule has 2 unspecified atom stereocenters. The van der Waals surface area contributed by atoms with Crippen molar-refractivity contribution < 1.29 is 24.9 Å². The van der Waals surface area contributed by atoms with E-state index in [0.29, 0.717) is 35.5 Å². The van der Waals surface area contributed by atoms with Gasteiger partial charge in [0.15, 0.2) is 0 Å². The summed E-state index contributed by atoms with van der Waals surface area (Å²) >= 11 is 6.06. The van der Waals surface area contributed by atoms with E-state index in [1.165, 1.54) is 0 Å². The molecule has 0 saturated carbocycles. The molecule has 37 heavy (non-hydrogen) atoms. The third kappa shape index (κ3) is 6.66. The van der Waals surface area contributed by atoms with Gasteiger partial charge in [-0.1, -0.05) is 60.2 Å². The standard InChI is InChI=1S/C30H30ClNO5/c31-25-10-13-27(24(18-25)19-33)22-4-1-5-23(17-22)28(34)14-11-26-12-15-29(35)32(26)16-2-3-20-6-8-21(9-7-20)30(36)37/h1,4-11,13-14,17-18,26,28,33-34H,2-3,12,15-16,19H2,(H,36,37)/b14-11+. The molecule has 1 saturated heterocycles. The van der Waals surface area contributed by atoms with Crippen LogP contribution >= 0.6 is 11.6 Å². The smallest absolute Gasteiger partial charge is 0.335 e. The average Bonchev–Trinajstić information content (AvgIpc) is 3.26. The van der Waals surface area contributed by atoms with Crippen LogP contribution in [-0.2, 0) is 17.8 Å². The number of nitrogens with zero attached hydrogens (tertiary/aromatic N) is 1. The van der Waals surface area contributed by atoms with E-state index in [0.717, 1.165) is 29.5 Å². The van der Waals surface area contributed by atoms with E-state index in [1.54, 1.807) is 30.3 Å². The monoisotopic (exact) mass is 519 g/mol. The number of hydrogen-bond acceptors (Lipinski definition) is 4. The van der Waals surface area contributed by atoms with Crippen LogP contribution < -0.4 is 0 Å². The number of carboxylic acids is 1. The lowest BCUT2D eigenvalue weighted by atomic mass is 9.96. The second-order valence-corrected chi connectivity index (χ2v) is 9.65. The molecule has 1 fully saturated rings. The second kappa shape index (κ2) is 12.2. The normalized spacial score (nSPS) is 16.5. The Hall–Kier alpha value is -3.45. The van der Waals surface area contributed by atoms with E-state index >= 15 is 0 Å². The highest BCUT2D eigenvalue weighted by molar-refractivity contribution is 6.30. The molecule has 192 valence electrons. The molecular formula is C30H30ClNO5. The van der Waals surface area contributed by atoms with Crippen molar-refractivity contribution >= 4 is 23.5 Å². The molecule has 2 atom stereocenters. The van der Waals surface area contributed by atoms with E-state index < -0.39 is 12.1 Å². The molecule has 1 heterocycles. The number of amides is 1. The molecule has 7 heteroatoms. The predicted octanol–water partition coefficient (Wildman–Crippen LogP) is 5.41. The zero-order chi connectivity index (χ0) is 26.4. The lowest BCUT2D eigenvalue weighted by Gasteiger charge is -2.23. The number of hydrogen-bond donors (Lipinski definition) is 3. The summed E-state index contributed by atoms with van der Waals surface area (Å²) in [4.78, 5) is 25.3. The Labute approximate surface area is 221 Å². The van der Waals surface area contributed by atoms with E-state index in [1.807, 2.05) is 53.4 Å². The van der Waals surface area contributed by atoms with Crippen LogP contribution in [0.5, 0.6) is 0 Å². The predicted molar refractivity (Wildman–Crippen MR) is 143 cm³/mol. The Morgan fingerprint density at radius 3 is 2.62 bits per heavy atom. The number of rotatable bonds is 10. The van der Waals surface area contributed by atoms with Gasteiger partial charge < -0.3 is 20.2 Å². The van der Waals surface area contributed by atoms with Crippen molar-refractivity contribution in [1.82, 2.24) is 4.90 Å². The van der Waals surface area contributed by atoms with Gasteiger partial charge in [-0.15, -0.1) is 0 Å². The fourth-order valence-corrected chi connectivity index (χ4v) is 4.92. The van der Waals surface area contributed by atoms with Crippen molar-refractivity contribution in [3.8, 4) is 11.1 Å². The Morgan fingerprint density at radius 1 is 1.11 bits per heavy atom. The number of aliphatic hydroxyl groups is 2. The van der Waals surface area contributed by atoms with Gasteiger partial charge in [-0.3, -0.25) is 4.79 Å². The molecule has 1 aliphatic heterocycles. The Bertz CT molecular complexity index is 1290. The number of aryl methyl sites for hydroxylation is 1. The van der Waals surface area contributed by atoms with Gasteiger partial charge in [0.25, 0.3) is 0 Å². The van der Waals surface area contributed by atoms with Gasteiger partial charge in [0, 0.05) is 18.0 Å². The summed E-state index contributed by atoms with van der Waals surface area (Å²) < 4.78 is 0. The summed E-state index contributed by atoms with van der Waals surface area (Å²) in [5, 5.41) is 30.2. The molecule has 1 amide bonds. The maximum Gasteiger partial charge on any atom is 0.335 e. The third-order valence-corrected chi connectivity index (χ3v) is 6.97. The van der Waals surface area contributed by atoms with Crippen LogP contribution in [0, 0.1) is 0 Å². The number of carbonyl (C=O) groups excluding carboxylic acids is 1. The van der Waals surface area contributed by atoms with Crippen molar-refractivity contribution in [2.24, 2.45) is 0 Å². The molecule has 1 aliphatic rings. The van der Waals surface area contributed by atoms with Gasteiger partial charge in [-0.05, 0) is 77.4 Å². The number of carboxylic acid groups (broad SMARTS) is 1. The quantitative estimate of drug-likeness (QED) is 0.311. The molecule has 0 bridgehead atoms. The zero-order valence-corrected chi connectivity index (χ0v) is 21.1. The minimum atomic E-state index is -0.947. The van der Waals surface area contributed by atoms with Gasteiger partial charge >= 0.3 is 5.97 Å². The summed E-state index contributed by atoms with van der Waals surface area (Å²) in [6.07, 6.45) is 5.50. The summed E-state index contributed by atoms with van der Waals surface area (Å²) in [5.41, 5.74) is 4.45. The average molecular weight is 520 g/mol. The number of aromatic carboxylic acids is 1. The van der Waals surface area contributed by atoms with Gasteiger partial charge in [0.05, 0.1) is 24.3 Å². The number of benzene rings is 3. The van der Waals surface area contributed by atoms with Crippen molar-refractivity contribution in [2.45, 2.75) is 44.4 Å². The number of carbonyl (C=O) groups is 2. The summed E-state index contributed by atoms with van der Waals surface area (Å²) in [7, 11) is 0. The SMILES string of the molecule is O=C(O)c1ccc(CCCN2C(=O)CCC2/C=C/C(O)c2cccc(-c3ccc(Cl)cc3CO)c2)cc1. The van der Waals surface area contributed by atoms with Gasteiger partial charge in [-0.2, -0.15) is 0 Å². The molecule has 3 N–H and O–H groups in total. The van der Waals surface area contributed by atoms with E-state index in [2.05, 4.69) is 0 Å². The molecule has 0 radical (unpaired) electrons. The summed E-state index contributed by atoms with van der Waals surface area (Å²) in [6.45, 7) is 0.461. The van der Waals surface area contributed by atoms with E-state index in [4.69, 9.17) is 16.7 Å². The minimum absolute atomic E-state index is 0.0722. The third-order valence-electron chi connectivity index (χ3n) is 6.73. The van der Waals surface area contributed by atoms with Crippen molar-refractivity contribution in [3.05, 3.63) is 106 Å². The van der Waals surface area contributed by atoms with E-state index in [-0.39, 0.29) is 24.1 Å². The first-order valence-corrected chi connectivity index (χ1v) is 12.7. The molecule has 6 nitrogen and oxygen atoms in total. The highest BCUT2D eigenvalue weighted by atomic mass is 35.5. The molecule has 0 aliphatic carbocycles. The minimum Gasteiger partial charge on any atom is -0.478 e. The number of aliphatic hydroxyl groups excluding tert-OH is 2. The van der Waals surface area contributed by atoms with Crippen LogP contribution in [0.15, 0.2) is 78.9 Å². The Morgan fingerprint density at radius 2 is 1.89 bits per heavy atom. The number of likely N-dealkylation sites (tertiary alicyclic amines) is 1. The van der Waals surface area contributed by atoms with Crippen LogP contribution in [0.3, 0.4) is 0 Å². The van der Waals surface area contributed by atoms with Crippen molar-refractivity contribution in [1.29, 1.82) is 0 Å². The first kappa shape index (κ1) is 26.6.